The fraction of sp³-hybridized carbons (Fsp3) is 0.0417. The number of aromatic nitrogens is 1. The second kappa shape index (κ2) is 6.74. The maximum Gasteiger partial charge on any atom is 0.0702 e. The van der Waals surface area contributed by atoms with E-state index in [0.717, 1.165) is 11.3 Å². The molecule has 0 amide bonds. The highest BCUT2D eigenvalue weighted by Crippen LogP contribution is 2.27. The van der Waals surface area contributed by atoms with E-state index >= 15 is 0 Å². The maximum absolute atomic E-state index is 4.54. The lowest BCUT2D eigenvalue weighted by Gasteiger charge is -2.07. The number of benzene rings is 3. The van der Waals surface area contributed by atoms with Crippen molar-refractivity contribution in [1.82, 2.24) is 4.98 Å². The molecule has 0 atom stereocenters. The number of hydrogen-bond acceptors (Lipinski definition) is 1. The molecule has 120 valence electrons. The molecule has 4 aromatic rings. The lowest BCUT2D eigenvalue weighted by Crippen LogP contribution is -1.85. The zero-order valence-corrected chi connectivity index (χ0v) is 14.2. The molecule has 1 heterocycles. The summed E-state index contributed by atoms with van der Waals surface area (Å²) in [5, 5.41) is 0. The molecule has 0 radical (unpaired) electrons. The van der Waals surface area contributed by atoms with Crippen LogP contribution in [0.15, 0.2) is 97.2 Å². The highest BCUT2D eigenvalue weighted by Gasteiger charge is 2.04. The molecule has 0 saturated carbocycles. The molecule has 0 fully saturated rings. The lowest BCUT2D eigenvalue weighted by atomic mass is 9.98. The molecule has 0 spiro atoms. The van der Waals surface area contributed by atoms with Crippen molar-refractivity contribution in [2.75, 3.05) is 0 Å². The summed E-state index contributed by atoms with van der Waals surface area (Å²) >= 11 is 0. The van der Waals surface area contributed by atoms with E-state index in [1.54, 1.807) is 0 Å². The summed E-state index contributed by atoms with van der Waals surface area (Å²) in [5.74, 6) is 0. The van der Waals surface area contributed by atoms with Crippen LogP contribution in [0.5, 0.6) is 0 Å². The van der Waals surface area contributed by atoms with Gasteiger partial charge < -0.3 is 0 Å². The number of pyridine rings is 1. The van der Waals surface area contributed by atoms with E-state index in [1.807, 2.05) is 12.3 Å². The van der Waals surface area contributed by atoms with Crippen molar-refractivity contribution in [3.8, 4) is 33.5 Å². The van der Waals surface area contributed by atoms with Crippen LogP contribution in [0, 0.1) is 6.92 Å². The Balaban J connectivity index is 1.66. The van der Waals surface area contributed by atoms with Gasteiger partial charge in [-0.2, -0.15) is 0 Å². The van der Waals surface area contributed by atoms with E-state index in [2.05, 4.69) is 96.8 Å². The van der Waals surface area contributed by atoms with E-state index in [1.165, 1.54) is 27.8 Å². The molecule has 4 rings (SSSR count). The summed E-state index contributed by atoms with van der Waals surface area (Å²) in [4.78, 5) is 4.54. The third kappa shape index (κ3) is 3.36. The first kappa shape index (κ1) is 15.3. The summed E-state index contributed by atoms with van der Waals surface area (Å²) in [7, 11) is 0. The molecule has 0 saturated heterocycles. The van der Waals surface area contributed by atoms with Gasteiger partial charge in [0.05, 0.1) is 5.69 Å². The Labute approximate surface area is 148 Å². The molecule has 3 aromatic carbocycles. The van der Waals surface area contributed by atoms with Gasteiger partial charge in [0.2, 0.25) is 0 Å². The summed E-state index contributed by atoms with van der Waals surface area (Å²) in [6.07, 6.45) is 1.91. The number of rotatable bonds is 3. The Morgan fingerprint density at radius 3 is 1.80 bits per heavy atom. The van der Waals surface area contributed by atoms with Crippen molar-refractivity contribution in [2.24, 2.45) is 0 Å². The van der Waals surface area contributed by atoms with E-state index in [-0.39, 0.29) is 0 Å². The van der Waals surface area contributed by atoms with Crippen LogP contribution >= 0.6 is 0 Å². The Hall–Kier alpha value is -3.19. The predicted octanol–water partition coefficient (Wildman–Crippen LogP) is 6.39. The van der Waals surface area contributed by atoms with Crippen LogP contribution in [0.1, 0.15) is 5.56 Å². The van der Waals surface area contributed by atoms with E-state index in [9.17, 15) is 0 Å². The average Bonchev–Trinajstić information content (AvgIpc) is 2.69. The van der Waals surface area contributed by atoms with Crippen LogP contribution in [-0.2, 0) is 0 Å². The normalized spacial score (nSPS) is 10.6. The molecule has 0 N–H and O–H groups in total. The van der Waals surface area contributed by atoms with Gasteiger partial charge in [-0.15, -0.1) is 0 Å². The minimum Gasteiger partial charge on any atom is -0.256 e. The second-order valence-corrected chi connectivity index (χ2v) is 6.24. The minimum atomic E-state index is 1.01. The van der Waals surface area contributed by atoms with Crippen LogP contribution in [0.2, 0.25) is 0 Å². The topological polar surface area (TPSA) is 12.9 Å². The van der Waals surface area contributed by atoms with Crippen molar-refractivity contribution < 1.29 is 0 Å². The van der Waals surface area contributed by atoms with Gasteiger partial charge in [0.25, 0.3) is 0 Å². The fourth-order valence-electron chi connectivity index (χ4n) is 2.98. The van der Waals surface area contributed by atoms with E-state index < -0.39 is 0 Å². The first-order chi connectivity index (χ1) is 12.3. The zero-order valence-electron chi connectivity index (χ0n) is 14.2. The van der Waals surface area contributed by atoms with Crippen LogP contribution in [0.4, 0.5) is 0 Å². The van der Waals surface area contributed by atoms with Crippen molar-refractivity contribution >= 4 is 0 Å². The quantitative estimate of drug-likeness (QED) is 0.426. The number of aryl methyl sites for hydroxylation is 1. The standard InChI is InChI=1S/C24H19N/c1-18-10-15-24(25-17-18)23-9-5-8-22(16-23)21-13-11-20(12-14-21)19-6-3-2-4-7-19/h2-17H,1H3. The van der Waals surface area contributed by atoms with Crippen molar-refractivity contribution in [2.45, 2.75) is 6.92 Å². The van der Waals surface area contributed by atoms with Gasteiger partial charge in [-0.05, 0) is 46.9 Å². The highest BCUT2D eigenvalue weighted by molar-refractivity contribution is 5.74. The smallest absolute Gasteiger partial charge is 0.0702 e. The SMILES string of the molecule is Cc1ccc(-c2cccc(-c3ccc(-c4ccccc4)cc3)c2)nc1. The largest absolute Gasteiger partial charge is 0.256 e. The van der Waals surface area contributed by atoms with Crippen molar-refractivity contribution in [3.05, 3.63) is 103 Å². The van der Waals surface area contributed by atoms with Crippen LogP contribution in [-0.4, -0.2) is 4.98 Å². The Kier molecular flexibility index (Phi) is 4.14. The van der Waals surface area contributed by atoms with Crippen molar-refractivity contribution in [1.29, 1.82) is 0 Å². The summed E-state index contributed by atoms with van der Waals surface area (Å²) in [6.45, 7) is 2.06. The fourth-order valence-corrected chi connectivity index (χ4v) is 2.98. The Morgan fingerprint density at radius 2 is 1.12 bits per heavy atom. The van der Waals surface area contributed by atoms with Gasteiger partial charge in [0.1, 0.15) is 0 Å². The van der Waals surface area contributed by atoms with Gasteiger partial charge in [0, 0.05) is 11.8 Å². The molecule has 0 aliphatic rings. The van der Waals surface area contributed by atoms with Gasteiger partial charge in [-0.25, -0.2) is 0 Å². The number of hydrogen-bond donors (Lipinski definition) is 0. The lowest BCUT2D eigenvalue weighted by molar-refractivity contribution is 1.27. The van der Waals surface area contributed by atoms with E-state index in [4.69, 9.17) is 0 Å². The molecular weight excluding hydrogens is 302 g/mol. The molecule has 1 aromatic heterocycles. The molecule has 1 nitrogen and oxygen atoms in total. The summed E-state index contributed by atoms with van der Waals surface area (Å²) < 4.78 is 0. The highest BCUT2D eigenvalue weighted by atomic mass is 14.7. The second-order valence-electron chi connectivity index (χ2n) is 6.24. The number of nitrogens with zero attached hydrogens (tertiary/aromatic N) is 1. The Morgan fingerprint density at radius 1 is 0.520 bits per heavy atom. The first-order valence-corrected chi connectivity index (χ1v) is 8.48. The molecule has 0 unspecified atom stereocenters. The first-order valence-electron chi connectivity index (χ1n) is 8.48. The zero-order chi connectivity index (χ0) is 17.1. The molecule has 25 heavy (non-hydrogen) atoms. The Bertz CT molecular complexity index is 968. The van der Waals surface area contributed by atoms with Crippen LogP contribution in [0.25, 0.3) is 33.5 Å². The third-order valence-corrected chi connectivity index (χ3v) is 4.40. The van der Waals surface area contributed by atoms with Gasteiger partial charge in [-0.3, -0.25) is 4.98 Å². The van der Waals surface area contributed by atoms with Crippen LogP contribution in [0.3, 0.4) is 0 Å². The molecule has 0 aliphatic heterocycles. The monoisotopic (exact) mass is 321 g/mol. The maximum atomic E-state index is 4.54. The molecule has 1 heteroatoms. The van der Waals surface area contributed by atoms with Gasteiger partial charge >= 0.3 is 0 Å². The minimum absolute atomic E-state index is 1.01. The molecular formula is C24H19N. The molecule has 0 aliphatic carbocycles. The molecule has 0 bridgehead atoms. The van der Waals surface area contributed by atoms with Gasteiger partial charge in [-0.1, -0.05) is 78.9 Å². The summed E-state index contributed by atoms with van der Waals surface area (Å²) in [6, 6.07) is 31.9. The van der Waals surface area contributed by atoms with E-state index in [0.29, 0.717) is 0 Å². The van der Waals surface area contributed by atoms with Crippen LogP contribution < -0.4 is 0 Å². The predicted molar refractivity (Wildman–Crippen MR) is 105 cm³/mol. The average molecular weight is 321 g/mol. The summed E-state index contributed by atoms with van der Waals surface area (Å²) in [5.41, 5.74) is 8.23. The van der Waals surface area contributed by atoms with Crippen molar-refractivity contribution in [3.63, 3.8) is 0 Å². The van der Waals surface area contributed by atoms with Gasteiger partial charge in [0.15, 0.2) is 0 Å². The third-order valence-electron chi connectivity index (χ3n) is 4.40.